The SMILES string of the molecule is CCOC(=O)C1CC(C)C(c2cc(OC)cc3ccccc23)CC1=O. The third-order valence-corrected chi connectivity index (χ3v) is 5.18. The maximum atomic E-state index is 12.6. The highest BCUT2D eigenvalue weighted by atomic mass is 16.5. The normalized spacial score (nSPS) is 23.5. The first-order chi connectivity index (χ1) is 12.0. The number of Topliss-reactive ketones (excluding diaryl/α,β-unsaturated/α-hetero) is 1. The van der Waals surface area contributed by atoms with Gasteiger partial charge in [0.05, 0.1) is 13.7 Å². The van der Waals surface area contributed by atoms with Crippen LogP contribution in [0.1, 0.15) is 38.2 Å². The second kappa shape index (κ2) is 7.26. The Morgan fingerprint density at radius 2 is 2.00 bits per heavy atom. The molecule has 3 rings (SSSR count). The Labute approximate surface area is 148 Å². The average molecular weight is 340 g/mol. The molecule has 132 valence electrons. The Morgan fingerprint density at radius 3 is 2.72 bits per heavy atom. The predicted octanol–water partition coefficient (Wildman–Crippen LogP) is 4.11. The van der Waals surface area contributed by atoms with Gasteiger partial charge in [-0.1, -0.05) is 31.2 Å². The van der Waals surface area contributed by atoms with E-state index in [1.54, 1.807) is 14.0 Å². The van der Waals surface area contributed by atoms with Gasteiger partial charge in [0.15, 0.2) is 0 Å². The second-order valence-electron chi connectivity index (χ2n) is 6.73. The van der Waals surface area contributed by atoms with Gasteiger partial charge in [-0.15, -0.1) is 0 Å². The molecule has 2 aromatic rings. The second-order valence-corrected chi connectivity index (χ2v) is 6.73. The molecule has 3 unspecified atom stereocenters. The maximum Gasteiger partial charge on any atom is 0.316 e. The fraction of sp³-hybridized carbons (Fsp3) is 0.429. The molecular formula is C21H24O4. The number of hydrogen-bond acceptors (Lipinski definition) is 4. The van der Waals surface area contributed by atoms with E-state index < -0.39 is 5.92 Å². The standard InChI is InChI=1S/C21H24O4/c1-4-25-21(23)19-9-13(2)17(12-20(19)22)18-11-15(24-3)10-14-7-5-6-8-16(14)18/h5-8,10-11,13,17,19H,4,9,12H2,1-3H3. The van der Waals surface area contributed by atoms with Crippen molar-refractivity contribution in [3.05, 3.63) is 42.0 Å². The van der Waals surface area contributed by atoms with Crippen LogP contribution < -0.4 is 4.74 Å². The van der Waals surface area contributed by atoms with Crippen LogP contribution in [-0.4, -0.2) is 25.5 Å². The molecule has 0 heterocycles. The Bertz CT molecular complexity index is 796. The van der Waals surface area contributed by atoms with Crippen LogP contribution in [0, 0.1) is 11.8 Å². The number of ether oxygens (including phenoxy) is 2. The molecule has 0 N–H and O–H groups in total. The number of carbonyl (C=O) groups excluding carboxylic acids is 2. The van der Waals surface area contributed by atoms with E-state index in [2.05, 4.69) is 19.1 Å². The maximum absolute atomic E-state index is 12.6. The van der Waals surface area contributed by atoms with Crippen LogP contribution in [0.3, 0.4) is 0 Å². The molecule has 0 amide bonds. The molecule has 1 fully saturated rings. The summed E-state index contributed by atoms with van der Waals surface area (Å²) in [6.45, 7) is 4.18. The Kier molecular flexibility index (Phi) is 5.07. The Balaban J connectivity index is 1.96. The Hall–Kier alpha value is -2.36. The highest BCUT2D eigenvalue weighted by Gasteiger charge is 2.39. The van der Waals surface area contributed by atoms with Crippen LogP contribution in [0.25, 0.3) is 10.8 Å². The molecule has 1 saturated carbocycles. The van der Waals surface area contributed by atoms with Gasteiger partial charge in [0, 0.05) is 6.42 Å². The van der Waals surface area contributed by atoms with Crippen molar-refractivity contribution in [2.24, 2.45) is 11.8 Å². The first kappa shape index (κ1) is 17.5. The molecule has 1 aliphatic carbocycles. The van der Waals surface area contributed by atoms with Crippen LogP contribution >= 0.6 is 0 Å². The van der Waals surface area contributed by atoms with Crippen molar-refractivity contribution in [2.75, 3.05) is 13.7 Å². The molecular weight excluding hydrogens is 316 g/mol. The molecule has 25 heavy (non-hydrogen) atoms. The van der Waals surface area contributed by atoms with Gasteiger partial charge in [-0.3, -0.25) is 9.59 Å². The van der Waals surface area contributed by atoms with E-state index in [4.69, 9.17) is 9.47 Å². The predicted molar refractivity (Wildman–Crippen MR) is 96.8 cm³/mol. The molecule has 0 radical (unpaired) electrons. The summed E-state index contributed by atoms with van der Waals surface area (Å²) in [5, 5.41) is 2.24. The van der Waals surface area contributed by atoms with E-state index in [9.17, 15) is 9.59 Å². The third kappa shape index (κ3) is 3.39. The zero-order valence-electron chi connectivity index (χ0n) is 15.0. The molecule has 1 aliphatic rings. The topological polar surface area (TPSA) is 52.6 Å². The van der Waals surface area contributed by atoms with Crippen LogP contribution in [-0.2, 0) is 14.3 Å². The minimum absolute atomic E-state index is 0.0200. The summed E-state index contributed by atoms with van der Waals surface area (Å²) in [4.78, 5) is 24.6. The zero-order chi connectivity index (χ0) is 18.0. The highest BCUT2D eigenvalue weighted by molar-refractivity contribution is 6.00. The number of hydrogen-bond donors (Lipinski definition) is 0. The summed E-state index contributed by atoms with van der Waals surface area (Å²) < 4.78 is 10.5. The van der Waals surface area contributed by atoms with Crippen molar-refractivity contribution < 1.29 is 19.1 Å². The number of methoxy groups -OCH3 is 1. The average Bonchev–Trinajstić information content (AvgIpc) is 2.62. The van der Waals surface area contributed by atoms with Crippen molar-refractivity contribution in [2.45, 2.75) is 32.6 Å². The molecule has 0 bridgehead atoms. The van der Waals surface area contributed by atoms with Crippen LogP contribution in [0.4, 0.5) is 0 Å². The summed E-state index contributed by atoms with van der Waals surface area (Å²) in [5.74, 6) is 0.0616. The van der Waals surface area contributed by atoms with Gasteiger partial charge in [-0.2, -0.15) is 0 Å². The van der Waals surface area contributed by atoms with E-state index in [-0.39, 0.29) is 23.6 Å². The summed E-state index contributed by atoms with van der Waals surface area (Å²) in [7, 11) is 1.65. The first-order valence-corrected chi connectivity index (χ1v) is 8.81. The minimum atomic E-state index is -0.622. The van der Waals surface area contributed by atoms with Crippen molar-refractivity contribution >= 4 is 22.5 Å². The number of carbonyl (C=O) groups is 2. The molecule has 0 spiro atoms. The lowest BCUT2D eigenvalue weighted by molar-refractivity contribution is -0.153. The minimum Gasteiger partial charge on any atom is -0.497 e. The van der Waals surface area contributed by atoms with E-state index in [1.165, 1.54) is 0 Å². The van der Waals surface area contributed by atoms with Gasteiger partial charge >= 0.3 is 5.97 Å². The van der Waals surface area contributed by atoms with E-state index in [0.717, 1.165) is 22.1 Å². The number of fused-ring (bicyclic) bond motifs is 1. The molecule has 3 atom stereocenters. The summed E-state index contributed by atoms with van der Waals surface area (Å²) >= 11 is 0. The summed E-state index contributed by atoms with van der Waals surface area (Å²) in [6.07, 6.45) is 0.898. The number of ketones is 1. The zero-order valence-corrected chi connectivity index (χ0v) is 15.0. The monoisotopic (exact) mass is 340 g/mol. The lowest BCUT2D eigenvalue weighted by atomic mass is 9.70. The van der Waals surface area contributed by atoms with E-state index >= 15 is 0 Å². The van der Waals surface area contributed by atoms with Gasteiger partial charge < -0.3 is 9.47 Å². The molecule has 2 aromatic carbocycles. The number of benzene rings is 2. The van der Waals surface area contributed by atoms with Crippen molar-refractivity contribution in [3.63, 3.8) is 0 Å². The molecule has 4 heteroatoms. The smallest absolute Gasteiger partial charge is 0.316 e. The lowest BCUT2D eigenvalue weighted by Gasteiger charge is -2.33. The highest BCUT2D eigenvalue weighted by Crippen LogP contribution is 2.42. The van der Waals surface area contributed by atoms with Crippen LogP contribution in [0.15, 0.2) is 36.4 Å². The molecule has 0 aromatic heterocycles. The molecule has 0 saturated heterocycles. The molecule has 0 aliphatic heterocycles. The van der Waals surface area contributed by atoms with Gasteiger partial charge in [0.1, 0.15) is 17.5 Å². The summed E-state index contributed by atoms with van der Waals surface area (Å²) in [6, 6.07) is 12.2. The number of rotatable bonds is 4. The fourth-order valence-corrected chi connectivity index (χ4v) is 3.85. The summed E-state index contributed by atoms with van der Waals surface area (Å²) in [5.41, 5.74) is 1.12. The van der Waals surface area contributed by atoms with Gasteiger partial charge in [-0.05, 0) is 53.6 Å². The van der Waals surface area contributed by atoms with Gasteiger partial charge in [0.25, 0.3) is 0 Å². The van der Waals surface area contributed by atoms with Gasteiger partial charge in [0.2, 0.25) is 0 Å². The van der Waals surface area contributed by atoms with Crippen molar-refractivity contribution in [1.82, 2.24) is 0 Å². The van der Waals surface area contributed by atoms with Gasteiger partial charge in [-0.25, -0.2) is 0 Å². The fourth-order valence-electron chi connectivity index (χ4n) is 3.85. The van der Waals surface area contributed by atoms with Crippen LogP contribution in [0.5, 0.6) is 5.75 Å². The Morgan fingerprint density at radius 1 is 1.24 bits per heavy atom. The van der Waals surface area contributed by atoms with Crippen molar-refractivity contribution in [3.8, 4) is 5.75 Å². The van der Waals surface area contributed by atoms with E-state index in [1.807, 2.05) is 24.3 Å². The lowest BCUT2D eigenvalue weighted by Crippen LogP contribution is -2.35. The number of esters is 1. The van der Waals surface area contributed by atoms with Crippen molar-refractivity contribution in [1.29, 1.82) is 0 Å². The third-order valence-electron chi connectivity index (χ3n) is 5.18. The largest absolute Gasteiger partial charge is 0.497 e. The van der Waals surface area contributed by atoms with Crippen LogP contribution in [0.2, 0.25) is 0 Å². The molecule has 4 nitrogen and oxygen atoms in total. The quantitative estimate of drug-likeness (QED) is 0.621. The van der Waals surface area contributed by atoms with E-state index in [0.29, 0.717) is 19.4 Å². The first-order valence-electron chi connectivity index (χ1n) is 8.81.